The zero-order valence-electron chi connectivity index (χ0n) is 13.3. The van der Waals surface area contributed by atoms with Crippen molar-refractivity contribution in [1.29, 1.82) is 0 Å². The Hall–Kier alpha value is -3.02. The lowest BCUT2D eigenvalue weighted by Gasteiger charge is -2.08. The van der Waals surface area contributed by atoms with Gasteiger partial charge in [-0.2, -0.15) is 0 Å². The Morgan fingerprint density at radius 3 is 2.79 bits per heavy atom. The first kappa shape index (κ1) is 15.9. The quantitative estimate of drug-likeness (QED) is 0.727. The van der Waals surface area contributed by atoms with Gasteiger partial charge in [0.25, 0.3) is 5.91 Å². The van der Waals surface area contributed by atoms with E-state index in [-0.39, 0.29) is 12.5 Å². The van der Waals surface area contributed by atoms with Gasteiger partial charge in [0.05, 0.1) is 5.52 Å². The molecule has 2 N–H and O–H groups in total. The summed E-state index contributed by atoms with van der Waals surface area (Å²) in [6.07, 6.45) is 0.652. The third-order valence-corrected chi connectivity index (χ3v) is 3.61. The number of amides is 1. The van der Waals surface area contributed by atoms with E-state index in [2.05, 4.69) is 10.3 Å². The van der Waals surface area contributed by atoms with Crippen molar-refractivity contribution in [3.05, 3.63) is 64.1 Å². The molecule has 0 aliphatic heterocycles. The minimum absolute atomic E-state index is 0.0167. The lowest BCUT2D eigenvalue weighted by Crippen LogP contribution is -2.30. The molecular weight excluding hydrogens is 308 g/mol. The molecule has 3 aromatic rings. The van der Waals surface area contributed by atoms with E-state index in [4.69, 9.17) is 9.15 Å². The molecule has 0 unspecified atom stereocenters. The van der Waals surface area contributed by atoms with E-state index in [9.17, 15) is 9.59 Å². The normalized spacial score (nSPS) is 10.7. The Morgan fingerprint density at radius 2 is 2.00 bits per heavy atom. The minimum Gasteiger partial charge on any atom is -0.484 e. The van der Waals surface area contributed by atoms with Crippen LogP contribution in [-0.4, -0.2) is 24.0 Å². The number of rotatable bonds is 6. The Kier molecular flexibility index (Phi) is 4.65. The number of benzene rings is 2. The van der Waals surface area contributed by atoms with E-state index in [0.717, 1.165) is 11.1 Å². The molecule has 1 heterocycles. The van der Waals surface area contributed by atoms with Crippen molar-refractivity contribution in [2.75, 3.05) is 13.2 Å². The summed E-state index contributed by atoms with van der Waals surface area (Å²) in [4.78, 5) is 25.5. The fraction of sp³-hybridized carbons (Fsp3) is 0.222. The van der Waals surface area contributed by atoms with Crippen LogP contribution in [0, 0.1) is 6.92 Å². The van der Waals surface area contributed by atoms with Gasteiger partial charge >= 0.3 is 5.76 Å². The number of H-pyrrole nitrogens is 1. The van der Waals surface area contributed by atoms with Crippen molar-refractivity contribution >= 4 is 17.0 Å². The van der Waals surface area contributed by atoms with Crippen LogP contribution in [-0.2, 0) is 11.2 Å². The second-order valence-corrected chi connectivity index (χ2v) is 5.55. The number of carbonyl (C=O) groups excluding carboxylic acids is 1. The van der Waals surface area contributed by atoms with E-state index in [0.29, 0.717) is 29.8 Å². The lowest BCUT2D eigenvalue weighted by molar-refractivity contribution is -0.123. The van der Waals surface area contributed by atoms with Crippen LogP contribution in [0.15, 0.2) is 51.7 Å². The summed E-state index contributed by atoms with van der Waals surface area (Å²) in [6.45, 7) is 2.47. The maximum atomic E-state index is 11.8. The average molecular weight is 326 g/mol. The summed E-state index contributed by atoms with van der Waals surface area (Å²) in [5.41, 5.74) is 3.33. The van der Waals surface area contributed by atoms with Gasteiger partial charge in [-0.1, -0.05) is 23.8 Å². The van der Waals surface area contributed by atoms with Crippen molar-refractivity contribution in [2.45, 2.75) is 13.3 Å². The first-order valence-corrected chi connectivity index (χ1v) is 7.68. The molecule has 3 rings (SSSR count). The molecule has 0 spiro atoms. The summed E-state index contributed by atoms with van der Waals surface area (Å²) in [6, 6.07) is 13.0. The summed E-state index contributed by atoms with van der Waals surface area (Å²) in [5.74, 6) is 0.0298. The van der Waals surface area contributed by atoms with Gasteiger partial charge in [-0.15, -0.1) is 0 Å². The lowest BCUT2D eigenvalue weighted by atomic mass is 10.1. The van der Waals surface area contributed by atoms with Crippen molar-refractivity contribution in [2.24, 2.45) is 0 Å². The number of hydrogen-bond donors (Lipinski definition) is 2. The van der Waals surface area contributed by atoms with E-state index < -0.39 is 5.76 Å². The molecule has 0 saturated heterocycles. The number of carbonyl (C=O) groups is 1. The topological polar surface area (TPSA) is 84.3 Å². The second kappa shape index (κ2) is 7.04. The Bertz CT molecular complexity index is 893. The van der Waals surface area contributed by atoms with Crippen LogP contribution in [0.1, 0.15) is 11.1 Å². The standard InChI is InChI=1S/C18H18N2O4/c1-12-2-5-14(6-3-12)23-11-17(21)19-9-8-13-4-7-16-15(10-13)20-18(22)24-16/h2-7,10H,8-9,11H2,1H3,(H,19,21)(H,20,22). The molecule has 124 valence electrons. The van der Waals surface area contributed by atoms with Gasteiger partial charge in [0.2, 0.25) is 0 Å². The Morgan fingerprint density at radius 1 is 1.21 bits per heavy atom. The van der Waals surface area contributed by atoms with E-state index in [1.807, 2.05) is 43.3 Å². The third-order valence-electron chi connectivity index (χ3n) is 3.61. The zero-order valence-corrected chi connectivity index (χ0v) is 13.3. The molecule has 2 aromatic carbocycles. The summed E-state index contributed by atoms with van der Waals surface area (Å²) in [7, 11) is 0. The third kappa shape index (κ3) is 4.04. The molecular formula is C18H18N2O4. The molecule has 0 fully saturated rings. The number of aromatic nitrogens is 1. The molecule has 6 heteroatoms. The maximum Gasteiger partial charge on any atom is 0.417 e. The average Bonchev–Trinajstić information content (AvgIpc) is 2.93. The molecule has 0 atom stereocenters. The second-order valence-electron chi connectivity index (χ2n) is 5.55. The number of aryl methyl sites for hydroxylation is 1. The predicted octanol–water partition coefficient (Wildman–Crippen LogP) is 2.17. The highest BCUT2D eigenvalue weighted by atomic mass is 16.5. The fourth-order valence-electron chi connectivity index (χ4n) is 2.34. The largest absolute Gasteiger partial charge is 0.484 e. The van der Waals surface area contributed by atoms with Gasteiger partial charge in [0.15, 0.2) is 12.2 Å². The smallest absolute Gasteiger partial charge is 0.417 e. The van der Waals surface area contributed by atoms with Gasteiger partial charge in [-0.25, -0.2) is 4.79 Å². The molecule has 0 saturated carbocycles. The van der Waals surface area contributed by atoms with E-state index >= 15 is 0 Å². The molecule has 1 aromatic heterocycles. The summed E-state index contributed by atoms with van der Waals surface area (Å²) >= 11 is 0. The molecule has 6 nitrogen and oxygen atoms in total. The highest BCUT2D eigenvalue weighted by Crippen LogP contribution is 2.13. The van der Waals surface area contributed by atoms with Crippen LogP contribution in [0.3, 0.4) is 0 Å². The number of oxazole rings is 1. The van der Waals surface area contributed by atoms with Gasteiger partial charge in [0.1, 0.15) is 5.75 Å². The van der Waals surface area contributed by atoms with Crippen LogP contribution in [0.2, 0.25) is 0 Å². The van der Waals surface area contributed by atoms with Crippen LogP contribution in [0.5, 0.6) is 5.75 Å². The Labute approximate surface area is 138 Å². The van der Waals surface area contributed by atoms with Crippen molar-refractivity contribution in [3.63, 3.8) is 0 Å². The number of nitrogens with one attached hydrogen (secondary N) is 2. The molecule has 1 amide bonds. The van der Waals surface area contributed by atoms with Crippen LogP contribution in [0.4, 0.5) is 0 Å². The summed E-state index contributed by atoms with van der Waals surface area (Å²) in [5, 5.41) is 2.81. The zero-order chi connectivity index (χ0) is 16.9. The number of ether oxygens (including phenoxy) is 1. The first-order chi connectivity index (χ1) is 11.6. The van der Waals surface area contributed by atoms with Crippen molar-refractivity contribution < 1.29 is 13.9 Å². The van der Waals surface area contributed by atoms with E-state index in [1.165, 1.54) is 0 Å². The minimum atomic E-state index is -0.469. The van der Waals surface area contributed by atoms with Gasteiger partial charge in [0, 0.05) is 6.54 Å². The molecule has 0 radical (unpaired) electrons. The first-order valence-electron chi connectivity index (χ1n) is 7.68. The van der Waals surface area contributed by atoms with Gasteiger partial charge in [-0.3, -0.25) is 9.78 Å². The highest BCUT2D eigenvalue weighted by Gasteiger charge is 2.05. The number of fused-ring (bicyclic) bond motifs is 1. The van der Waals surface area contributed by atoms with Gasteiger partial charge in [-0.05, 0) is 43.2 Å². The SMILES string of the molecule is Cc1ccc(OCC(=O)NCCc2ccc3oc(=O)[nH]c3c2)cc1. The fourth-order valence-corrected chi connectivity index (χ4v) is 2.34. The molecule has 0 aliphatic carbocycles. The number of hydrogen-bond acceptors (Lipinski definition) is 4. The molecule has 0 bridgehead atoms. The van der Waals surface area contributed by atoms with Crippen molar-refractivity contribution in [3.8, 4) is 5.75 Å². The molecule has 24 heavy (non-hydrogen) atoms. The highest BCUT2D eigenvalue weighted by molar-refractivity contribution is 5.77. The van der Waals surface area contributed by atoms with Crippen molar-refractivity contribution in [1.82, 2.24) is 10.3 Å². The van der Waals surface area contributed by atoms with E-state index in [1.54, 1.807) is 6.07 Å². The Balaban J connectivity index is 1.45. The van der Waals surface area contributed by atoms with Crippen LogP contribution in [0.25, 0.3) is 11.1 Å². The predicted molar refractivity (Wildman–Crippen MR) is 90.2 cm³/mol. The summed E-state index contributed by atoms with van der Waals surface area (Å²) < 4.78 is 10.4. The van der Waals surface area contributed by atoms with Crippen LogP contribution >= 0.6 is 0 Å². The molecule has 0 aliphatic rings. The number of aromatic amines is 1. The monoisotopic (exact) mass is 326 g/mol. The maximum absolute atomic E-state index is 11.8. The van der Waals surface area contributed by atoms with Gasteiger partial charge < -0.3 is 14.5 Å². The van der Waals surface area contributed by atoms with Crippen LogP contribution < -0.4 is 15.8 Å².